The van der Waals surface area contributed by atoms with Crippen LogP contribution in [-0.2, 0) is 0 Å². The summed E-state index contributed by atoms with van der Waals surface area (Å²) in [5.74, 6) is 0. The largest absolute Gasteiger partial charge is 0.465 e. The molecule has 108 valence electrons. The quantitative estimate of drug-likeness (QED) is 0.626. The number of carboxylic acid groups (broad SMARTS) is 1. The van der Waals surface area contributed by atoms with Crippen molar-refractivity contribution in [1.29, 1.82) is 0 Å². The molecule has 0 fully saturated rings. The molecule has 0 aliphatic carbocycles. The molecule has 0 unspecified atom stereocenters. The number of carbonyl (C=O) groups is 1. The summed E-state index contributed by atoms with van der Waals surface area (Å²) in [7, 11) is 0. The first-order chi connectivity index (χ1) is 8.91. The van der Waals surface area contributed by atoms with Crippen molar-refractivity contribution in [2.75, 3.05) is 6.54 Å². The van der Waals surface area contributed by atoms with Crippen LogP contribution in [0, 0.1) is 0 Å². The third-order valence-electron chi connectivity index (χ3n) is 2.83. The van der Waals surface area contributed by atoms with Crippen LogP contribution in [-0.4, -0.2) is 17.7 Å². The van der Waals surface area contributed by atoms with Crippen LogP contribution in [0.1, 0.15) is 53.4 Å². The fourth-order valence-electron chi connectivity index (χ4n) is 1.65. The smallest absolute Gasteiger partial charge is 0.404 e. The second-order valence-electron chi connectivity index (χ2n) is 5.15. The molecular weight excluding hydrogens is 238 g/mol. The van der Waals surface area contributed by atoms with Gasteiger partial charge in [0, 0.05) is 6.54 Å². The molecule has 3 heteroatoms. The molecule has 2 N–H and O–H groups in total. The lowest BCUT2D eigenvalue weighted by atomic mass is 10.1. The van der Waals surface area contributed by atoms with Crippen molar-refractivity contribution in [3.8, 4) is 0 Å². The minimum absolute atomic E-state index is 0.393. The lowest BCUT2D eigenvalue weighted by Crippen LogP contribution is -2.20. The van der Waals surface area contributed by atoms with Crippen molar-refractivity contribution < 1.29 is 9.90 Å². The van der Waals surface area contributed by atoms with Gasteiger partial charge in [0.2, 0.25) is 0 Å². The Morgan fingerprint density at radius 1 is 0.947 bits per heavy atom. The molecule has 0 spiro atoms. The SMILES string of the molecule is CC(C)=CCCC(C)=CCCC(C)=CCNC(=O)O. The Morgan fingerprint density at radius 3 is 2.00 bits per heavy atom. The average Bonchev–Trinajstić information content (AvgIpc) is 2.27. The molecule has 0 aliphatic heterocycles. The van der Waals surface area contributed by atoms with E-state index in [0.717, 1.165) is 25.7 Å². The third kappa shape index (κ3) is 12.7. The number of hydrogen-bond donors (Lipinski definition) is 2. The highest BCUT2D eigenvalue weighted by Gasteiger charge is 1.93. The Morgan fingerprint density at radius 2 is 1.47 bits per heavy atom. The zero-order valence-corrected chi connectivity index (χ0v) is 12.6. The molecule has 0 radical (unpaired) electrons. The van der Waals surface area contributed by atoms with Crippen molar-refractivity contribution in [2.24, 2.45) is 0 Å². The van der Waals surface area contributed by atoms with Gasteiger partial charge in [0.15, 0.2) is 0 Å². The van der Waals surface area contributed by atoms with Gasteiger partial charge >= 0.3 is 6.09 Å². The minimum Gasteiger partial charge on any atom is -0.465 e. The maximum absolute atomic E-state index is 10.3. The number of allylic oxidation sites excluding steroid dienone is 5. The first-order valence-electron chi connectivity index (χ1n) is 6.83. The highest BCUT2D eigenvalue weighted by Crippen LogP contribution is 2.11. The van der Waals surface area contributed by atoms with Crippen LogP contribution in [0.15, 0.2) is 34.9 Å². The van der Waals surface area contributed by atoms with Crippen LogP contribution < -0.4 is 5.32 Å². The summed E-state index contributed by atoms with van der Waals surface area (Å²) in [5, 5.41) is 10.8. The molecule has 0 rings (SSSR count). The van der Waals surface area contributed by atoms with E-state index in [2.05, 4.69) is 38.2 Å². The summed E-state index contributed by atoms with van der Waals surface area (Å²) < 4.78 is 0. The molecular formula is C16H27NO2. The van der Waals surface area contributed by atoms with Crippen LogP contribution >= 0.6 is 0 Å². The Hall–Kier alpha value is -1.51. The summed E-state index contributed by atoms with van der Waals surface area (Å²) >= 11 is 0. The summed E-state index contributed by atoms with van der Waals surface area (Å²) in [4.78, 5) is 10.3. The van der Waals surface area contributed by atoms with E-state index in [1.54, 1.807) is 0 Å². The van der Waals surface area contributed by atoms with Gasteiger partial charge in [0.1, 0.15) is 0 Å². The lowest BCUT2D eigenvalue weighted by molar-refractivity contribution is 0.195. The van der Waals surface area contributed by atoms with Gasteiger partial charge < -0.3 is 10.4 Å². The molecule has 0 aliphatic rings. The zero-order chi connectivity index (χ0) is 14.7. The van der Waals surface area contributed by atoms with Gasteiger partial charge in [0.05, 0.1) is 0 Å². The van der Waals surface area contributed by atoms with Crippen LogP contribution in [0.3, 0.4) is 0 Å². The average molecular weight is 265 g/mol. The van der Waals surface area contributed by atoms with Gasteiger partial charge in [-0.2, -0.15) is 0 Å². The minimum atomic E-state index is -0.973. The molecule has 19 heavy (non-hydrogen) atoms. The van der Waals surface area contributed by atoms with Crippen molar-refractivity contribution in [2.45, 2.75) is 53.4 Å². The van der Waals surface area contributed by atoms with Crippen molar-refractivity contribution >= 4 is 6.09 Å². The topological polar surface area (TPSA) is 49.3 Å². The van der Waals surface area contributed by atoms with E-state index in [1.165, 1.54) is 16.7 Å². The number of hydrogen-bond acceptors (Lipinski definition) is 1. The number of rotatable bonds is 8. The van der Waals surface area contributed by atoms with Crippen molar-refractivity contribution in [3.63, 3.8) is 0 Å². The number of amides is 1. The number of nitrogens with one attached hydrogen (secondary N) is 1. The van der Waals surface area contributed by atoms with Gasteiger partial charge in [-0.25, -0.2) is 4.79 Å². The molecule has 1 amide bonds. The normalized spacial score (nSPS) is 12.2. The monoisotopic (exact) mass is 265 g/mol. The Bertz CT molecular complexity index is 361. The van der Waals surface area contributed by atoms with Gasteiger partial charge in [-0.1, -0.05) is 34.9 Å². The Kier molecular flexibility index (Phi) is 9.59. The molecule has 3 nitrogen and oxygen atoms in total. The molecule has 0 saturated heterocycles. The summed E-state index contributed by atoms with van der Waals surface area (Å²) in [6.07, 6.45) is 9.74. The summed E-state index contributed by atoms with van der Waals surface area (Å²) in [5.41, 5.74) is 4.02. The second kappa shape index (κ2) is 10.4. The van der Waals surface area contributed by atoms with E-state index in [4.69, 9.17) is 5.11 Å². The van der Waals surface area contributed by atoms with E-state index in [-0.39, 0.29) is 0 Å². The second-order valence-corrected chi connectivity index (χ2v) is 5.15. The fourth-order valence-corrected chi connectivity index (χ4v) is 1.65. The molecule has 0 atom stereocenters. The molecule has 0 heterocycles. The zero-order valence-electron chi connectivity index (χ0n) is 12.6. The summed E-state index contributed by atoms with van der Waals surface area (Å²) in [6.45, 7) is 8.85. The van der Waals surface area contributed by atoms with Gasteiger partial charge in [-0.15, -0.1) is 0 Å². The maximum Gasteiger partial charge on any atom is 0.404 e. The first kappa shape index (κ1) is 17.5. The molecule has 0 aromatic rings. The van der Waals surface area contributed by atoms with Crippen LogP contribution in [0.25, 0.3) is 0 Å². The van der Waals surface area contributed by atoms with Gasteiger partial charge in [-0.05, 0) is 53.4 Å². The molecule has 0 aromatic carbocycles. The van der Waals surface area contributed by atoms with E-state index in [1.807, 2.05) is 13.0 Å². The standard InChI is InChI=1S/C16H27NO2/c1-13(2)7-5-8-14(3)9-6-10-15(4)11-12-17-16(18)19/h7,9,11,17H,5-6,8,10,12H2,1-4H3,(H,18,19). The van der Waals surface area contributed by atoms with Crippen LogP contribution in [0.5, 0.6) is 0 Å². The first-order valence-corrected chi connectivity index (χ1v) is 6.83. The van der Waals surface area contributed by atoms with E-state index < -0.39 is 6.09 Å². The molecule has 0 saturated carbocycles. The highest BCUT2D eigenvalue weighted by atomic mass is 16.4. The maximum atomic E-state index is 10.3. The van der Waals surface area contributed by atoms with E-state index in [0.29, 0.717) is 6.54 Å². The third-order valence-corrected chi connectivity index (χ3v) is 2.83. The van der Waals surface area contributed by atoms with Gasteiger partial charge in [-0.3, -0.25) is 0 Å². The van der Waals surface area contributed by atoms with E-state index in [9.17, 15) is 4.79 Å². The van der Waals surface area contributed by atoms with E-state index >= 15 is 0 Å². The Labute approximate surface area is 117 Å². The highest BCUT2D eigenvalue weighted by molar-refractivity contribution is 5.64. The molecule has 0 bridgehead atoms. The lowest BCUT2D eigenvalue weighted by Gasteiger charge is -2.02. The van der Waals surface area contributed by atoms with Crippen LogP contribution in [0.2, 0.25) is 0 Å². The van der Waals surface area contributed by atoms with Crippen molar-refractivity contribution in [1.82, 2.24) is 5.32 Å². The summed E-state index contributed by atoms with van der Waals surface area (Å²) in [6, 6.07) is 0. The predicted octanol–water partition coefficient (Wildman–Crippen LogP) is 4.67. The van der Waals surface area contributed by atoms with Crippen molar-refractivity contribution in [3.05, 3.63) is 34.9 Å². The fraction of sp³-hybridized carbons (Fsp3) is 0.562. The van der Waals surface area contributed by atoms with Crippen LogP contribution in [0.4, 0.5) is 4.79 Å². The molecule has 0 aromatic heterocycles. The Balaban J connectivity index is 3.86. The van der Waals surface area contributed by atoms with Gasteiger partial charge in [0.25, 0.3) is 0 Å². The predicted molar refractivity (Wildman–Crippen MR) is 81.4 cm³/mol.